The van der Waals surface area contributed by atoms with Gasteiger partial charge in [-0.05, 0) is 42.8 Å². The maximum absolute atomic E-state index is 5.33. The number of hydrogen-bond acceptors (Lipinski definition) is 4. The van der Waals surface area contributed by atoms with E-state index in [2.05, 4.69) is 32.5 Å². The van der Waals surface area contributed by atoms with Crippen LogP contribution in [-0.4, -0.2) is 25.8 Å². The summed E-state index contributed by atoms with van der Waals surface area (Å²) in [5.41, 5.74) is 0. The minimum atomic E-state index is 0.397. The standard InChI is InChI=1S/C11H13N3S3/c1-16-11(4-5-11)7-14-9(12-13-10(14)15)8-3-2-6-17-8/h2-3,6H,4-5,7H2,1H3,(H,13,15). The molecule has 2 heterocycles. The lowest BCUT2D eigenvalue weighted by molar-refractivity contribution is 0.658. The normalized spacial score (nSPS) is 17.2. The third-order valence-electron chi connectivity index (χ3n) is 3.19. The van der Waals surface area contributed by atoms with Crippen LogP contribution >= 0.6 is 35.3 Å². The van der Waals surface area contributed by atoms with Gasteiger partial charge in [-0.1, -0.05) is 6.07 Å². The van der Waals surface area contributed by atoms with Crippen molar-refractivity contribution in [3.63, 3.8) is 0 Å². The monoisotopic (exact) mass is 283 g/mol. The first-order valence-corrected chi connectivity index (χ1v) is 8.00. The lowest BCUT2D eigenvalue weighted by atomic mass is 10.4. The Kier molecular flexibility index (Phi) is 2.88. The lowest BCUT2D eigenvalue weighted by Crippen LogP contribution is -2.14. The summed E-state index contributed by atoms with van der Waals surface area (Å²) in [6.45, 7) is 0.969. The third kappa shape index (κ3) is 2.09. The van der Waals surface area contributed by atoms with E-state index in [0.29, 0.717) is 4.75 Å². The largest absolute Gasteiger partial charge is 0.298 e. The molecule has 2 aromatic rings. The van der Waals surface area contributed by atoms with Crippen LogP contribution in [0.5, 0.6) is 0 Å². The van der Waals surface area contributed by atoms with Gasteiger partial charge in [0.15, 0.2) is 10.6 Å². The number of thiophene rings is 1. The SMILES string of the molecule is CSC1(Cn2c(-c3cccs3)n[nH]c2=S)CC1. The second-order valence-corrected chi connectivity index (χ2v) is 6.91. The highest BCUT2D eigenvalue weighted by Crippen LogP contribution is 2.48. The van der Waals surface area contributed by atoms with Crippen LogP contribution in [0.3, 0.4) is 0 Å². The Balaban J connectivity index is 1.99. The Morgan fingerprint density at radius 1 is 1.65 bits per heavy atom. The molecule has 0 amide bonds. The summed E-state index contributed by atoms with van der Waals surface area (Å²) in [5, 5.41) is 9.33. The molecule has 1 aliphatic carbocycles. The van der Waals surface area contributed by atoms with Crippen LogP contribution in [0.4, 0.5) is 0 Å². The van der Waals surface area contributed by atoms with Crippen molar-refractivity contribution in [3.8, 4) is 10.7 Å². The van der Waals surface area contributed by atoms with E-state index < -0.39 is 0 Å². The van der Waals surface area contributed by atoms with Gasteiger partial charge in [0.25, 0.3) is 0 Å². The van der Waals surface area contributed by atoms with E-state index in [4.69, 9.17) is 12.2 Å². The van der Waals surface area contributed by atoms with Crippen LogP contribution in [0, 0.1) is 4.77 Å². The smallest absolute Gasteiger partial charge is 0.195 e. The van der Waals surface area contributed by atoms with Crippen LogP contribution in [0.25, 0.3) is 10.7 Å². The molecule has 0 spiro atoms. The van der Waals surface area contributed by atoms with Gasteiger partial charge in [-0.25, -0.2) is 0 Å². The molecule has 3 rings (SSSR count). The Labute approximate surface area is 113 Å². The topological polar surface area (TPSA) is 33.6 Å². The fourth-order valence-electron chi connectivity index (χ4n) is 1.91. The molecule has 90 valence electrons. The average Bonchev–Trinajstić information content (AvgIpc) is 2.73. The van der Waals surface area contributed by atoms with E-state index in [0.717, 1.165) is 17.1 Å². The Morgan fingerprint density at radius 2 is 2.47 bits per heavy atom. The zero-order valence-corrected chi connectivity index (χ0v) is 11.9. The molecule has 0 aliphatic heterocycles. The molecular weight excluding hydrogens is 270 g/mol. The second-order valence-electron chi connectivity index (χ2n) is 4.30. The first-order valence-electron chi connectivity index (χ1n) is 5.48. The predicted octanol–water partition coefficient (Wildman–Crippen LogP) is 3.56. The minimum Gasteiger partial charge on any atom is -0.298 e. The lowest BCUT2D eigenvalue weighted by Gasteiger charge is -2.13. The molecule has 6 heteroatoms. The first-order chi connectivity index (χ1) is 8.24. The number of aromatic nitrogens is 3. The van der Waals surface area contributed by atoms with Gasteiger partial charge in [-0.3, -0.25) is 9.67 Å². The van der Waals surface area contributed by atoms with Crippen molar-refractivity contribution in [3.05, 3.63) is 22.3 Å². The molecule has 0 bridgehead atoms. The molecule has 0 radical (unpaired) electrons. The first kappa shape index (κ1) is 11.5. The van der Waals surface area contributed by atoms with Gasteiger partial charge in [-0.15, -0.1) is 11.3 Å². The fourth-order valence-corrected chi connectivity index (χ4v) is 3.60. The van der Waals surface area contributed by atoms with Crippen LogP contribution in [-0.2, 0) is 6.54 Å². The van der Waals surface area contributed by atoms with Crippen LogP contribution in [0.2, 0.25) is 0 Å². The van der Waals surface area contributed by atoms with Gasteiger partial charge in [0.2, 0.25) is 0 Å². The van der Waals surface area contributed by atoms with E-state index in [1.54, 1.807) is 11.3 Å². The third-order valence-corrected chi connectivity index (χ3v) is 5.77. The average molecular weight is 283 g/mol. The summed E-state index contributed by atoms with van der Waals surface area (Å²) in [6, 6.07) is 4.13. The molecular formula is C11H13N3S3. The molecule has 1 fully saturated rings. The molecule has 0 aromatic carbocycles. The maximum Gasteiger partial charge on any atom is 0.195 e. The quantitative estimate of drug-likeness (QED) is 0.871. The van der Waals surface area contributed by atoms with E-state index >= 15 is 0 Å². The van der Waals surface area contributed by atoms with Crippen molar-refractivity contribution < 1.29 is 0 Å². The Bertz CT molecular complexity index is 563. The second kappa shape index (κ2) is 4.26. The summed E-state index contributed by atoms with van der Waals surface area (Å²) in [5.74, 6) is 0.977. The molecule has 1 aliphatic rings. The highest BCUT2D eigenvalue weighted by Gasteiger charge is 2.42. The summed E-state index contributed by atoms with van der Waals surface area (Å²) in [4.78, 5) is 1.18. The number of rotatable bonds is 4. The number of nitrogens with zero attached hydrogens (tertiary/aromatic N) is 2. The number of hydrogen-bond donors (Lipinski definition) is 1. The van der Waals surface area contributed by atoms with Crippen molar-refractivity contribution in [2.45, 2.75) is 24.1 Å². The van der Waals surface area contributed by atoms with Crippen molar-refractivity contribution in [2.24, 2.45) is 0 Å². The fraction of sp³-hybridized carbons (Fsp3) is 0.455. The van der Waals surface area contributed by atoms with Crippen LogP contribution < -0.4 is 0 Å². The molecule has 3 nitrogen and oxygen atoms in total. The van der Waals surface area contributed by atoms with Gasteiger partial charge >= 0.3 is 0 Å². The van der Waals surface area contributed by atoms with Crippen molar-refractivity contribution in [2.75, 3.05) is 6.26 Å². The zero-order valence-electron chi connectivity index (χ0n) is 9.47. The number of nitrogens with one attached hydrogen (secondary N) is 1. The van der Waals surface area contributed by atoms with Crippen molar-refractivity contribution >= 4 is 35.3 Å². The minimum absolute atomic E-state index is 0.397. The van der Waals surface area contributed by atoms with E-state index in [9.17, 15) is 0 Å². The van der Waals surface area contributed by atoms with Gasteiger partial charge < -0.3 is 0 Å². The van der Waals surface area contributed by atoms with Gasteiger partial charge in [0.05, 0.1) is 4.88 Å². The number of H-pyrrole nitrogens is 1. The molecule has 1 saturated carbocycles. The highest BCUT2D eigenvalue weighted by atomic mass is 32.2. The summed E-state index contributed by atoms with van der Waals surface area (Å²) < 4.78 is 3.27. The summed E-state index contributed by atoms with van der Waals surface area (Å²) in [7, 11) is 0. The molecule has 1 N–H and O–H groups in total. The summed E-state index contributed by atoms with van der Waals surface area (Å²) >= 11 is 8.98. The zero-order chi connectivity index (χ0) is 11.9. The Hall–Kier alpha value is -0.590. The molecule has 17 heavy (non-hydrogen) atoms. The van der Waals surface area contributed by atoms with Crippen LogP contribution in [0.15, 0.2) is 17.5 Å². The van der Waals surface area contributed by atoms with Gasteiger partial charge in [0.1, 0.15) is 0 Å². The number of aromatic amines is 1. The Morgan fingerprint density at radius 3 is 3.06 bits per heavy atom. The van der Waals surface area contributed by atoms with Gasteiger partial charge in [-0.2, -0.15) is 16.9 Å². The number of thioether (sulfide) groups is 1. The highest BCUT2D eigenvalue weighted by molar-refractivity contribution is 8.00. The van der Waals surface area contributed by atoms with Crippen molar-refractivity contribution in [1.29, 1.82) is 0 Å². The summed E-state index contributed by atoms with van der Waals surface area (Å²) in [6.07, 6.45) is 4.75. The maximum atomic E-state index is 5.33. The van der Waals surface area contributed by atoms with E-state index in [1.165, 1.54) is 17.7 Å². The molecule has 0 atom stereocenters. The molecule has 0 saturated heterocycles. The molecule has 2 aromatic heterocycles. The van der Waals surface area contributed by atoms with Crippen molar-refractivity contribution in [1.82, 2.24) is 14.8 Å². The van der Waals surface area contributed by atoms with E-state index in [1.807, 2.05) is 17.8 Å². The van der Waals surface area contributed by atoms with E-state index in [-0.39, 0.29) is 0 Å². The van der Waals surface area contributed by atoms with Gasteiger partial charge in [0, 0.05) is 11.3 Å². The molecule has 0 unspecified atom stereocenters. The van der Waals surface area contributed by atoms with Crippen LogP contribution in [0.1, 0.15) is 12.8 Å². The predicted molar refractivity (Wildman–Crippen MR) is 76.2 cm³/mol.